The summed E-state index contributed by atoms with van der Waals surface area (Å²) >= 11 is 0. The first-order valence-corrected chi connectivity index (χ1v) is 7.81. The predicted molar refractivity (Wildman–Crippen MR) is 83.6 cm³/mol. The van der Waals surface area contributed by atoms with Crippen LogP contribution in [0.4, 0.5) is 21.5 Å². The van der Waals surface area contributed by atoms with E-state index in [2.05, 4.69) is 5.32 Å². The smallest absolute Gasteiger partial charge is 0.295 e. The molecule has 0 saturated carbocycles. The van der Waals surface area contributed by atoms with Gasteiger partial charge in [0, 0.05) is 26.2 Å². The number of hydrogen-bond acceptors (Lipinski definition) is 6. The average molecular weight is 325 g/mol. The van der Waals surface area contributed by atoms with Crippen LogP contribution < -0.4 is 10.2 Å². The van der Waals surface area contributed by atoms with Gasteiger partial charge in [0.2, 0.25) is 0 Å². The van der Waals surface area contributed by atoms with E-state index in [0.29, 0.717) is 44.2 Å². The molecule has 0 aliphatic carbocycles. The van der Waals surface area contributed by atoms with E-state index in [4.69, 9.17) is 9.47 Å². The van der Waals surface area contributed by atoms with Gasteiger partial charge in [-0.3, -0.25) is 10.1 Å². The number of morpholine rings is 1. The van der Waals surface area contributed by atoms with Crippen molar-refractivity contribution in [1.29, 1.82) is 0 Å². The lowest BCUT2D eigenvalue weighted by Crippen LogP contribution is -2.36. The molecule has 2 heterocycles. The number of nitrogens with one attached hydrogen (secondary N) is 1. The minimum Gasteiger partial charge on any atom is -0.378 e. The zero-order chi connectivity index (χ0) is 16.2. The summed E-state index contributed by atoms with van der Waals surface area (Å²) in [6.07, 6.45) is 1.97. The normalized spacial score (nSPS) is 21.4. The van der Waals surface area contributed by atoms with Gasteiger partial charge in [0.1, 0.15) is 5.69 Å². The highest BCUT2D eigenvalue weighted by atomic mass is 19.1. The summed E-state index contributed by atoms with van der Waals surface area (Å²) in [6.45, 7) is 3.38. The van der Waals surface area contributed by atoms with Gasteiger partial charge >= 0.3 is 0 Å². The summed E-state index contributed by atoms with van der Waals surface area (Å²) in [5.74, 6) is -0.582. The third kappa shape index (κ3) is 3.70. The molecule has 2 aliphatic rings. The maximum absolute atomic E-state index is 14.3. The molecule has 0 unspecified atom stereocenters. The van der Waals surface area contributed by atoms with Crippen LogP contribution in [0, 0.1) is 15.9 Å². The molecule has 1 aromatic carbocycles. The number of hydrogen-bond donors (Lipinski definition) is 1. The second-order valence-corrected chi connectivity index (χ2v) is 5.69. The summed E-state index contributed by atoms with van der Waals surface area (Å²) in [5.41, 5.74) is 0.444. The quantitative estimate of drug-likeness (QED) is 0.660. The molecule has 23 heavy (non-hydrogen) atoms. The first-order valence-electron chi connectivity index (χ1n) is 7.81. The Kier molecular flexibility index (Phi) is 4.92. The van der Waals surface area contributed by atoms with Crippen molar-refractivity contribution in [1.82, 2.24) is 0 Å². The summed E-state index contributed by atoms with van der Waals surface area (Å²) < 4.78 is 25.1. The van der Waals surface area contributed by atoms with E-state index in [0.717, 1.165) is 25.5 Å². The molecule has 0 amide bonds. The number of benzene rings is 1. The molecular formula is C15H20FN3O4. The van der Waals surface area contributed by atoms with Gasteiger partial charge in [0.15, 0.2) is 5.82 Å². The van der Waals surface area contributed by atoms with Crippen LogP contribution in [0.1, 0.15) is 12.8 Å². The van der Waals surface area contributed by atoms with Gasteiger partial charge in [-0.1, -0.05) is 0 Å². The number of rotatable bonds is 5. The van der Waals surface area contributed by atoms with Gasteiger partial charge in [-0.15, -0.1) is 0 Å². The number of nitrogens with zero attached hydrogens (tertiary/aromatic N) is 2. The molecule has 2 aliphatic heterocycles. The van der Waals surface area contributed by atoms with Gasteiger partial charge in [0.25, 0.3) is 5.69 Å². The molecule has 3 rings (SSSR count). The van der Waals surface area contributed by atoms with Crippen molar-refractivity contribution in [2.24, 2.45) is 0 Å². The lowest BCUT2D eigenvalue weighted by molar-refractivity contribution is -0.384. The van der Waals surface area contributed by atoms with E-state index < -0.39 is 10.7 Å². The first kappa shape index (κ1) is 15.9. The highest BCUT2D eigenvalue weighted by molar-refractivity contribution is 5.70. The van der Waals surface area contributed by atoms with Crippen LogP contribution in [0.5, 0.6) is 0 Å². The maximum Gasteiger partial charge on any atom is 0.295 e. The van der Waals surface area contributed by atoms with Crippen LogP contribution in [0.3, 0.4) is 0 Å². The summed E-state index contributed by atoms with van der Waals surface area (Å²) in [7, 11) is 0. The molecule has 1 aromatic rings. The van der Waals surface area contributed by atoms with Gasteiger partial charge in [-0.25, -0.2) is 4.39 Å². The Balaban J connectivity index is 1.82. The van der Waals surface area contributed by atoms with Crippen molar-refractivity contribution in [2.75, 3.05) is 49.7 Å². The van der Waals surface area contributed by atoms with Gasteiger partial charge in [-0.05, 0) is 18.9 Å². The second kappa shape index (κ2) is 7.10. The fourth-order valence-corrected chi connectivity index (χ4v) is 2.92. The molecule has 1 N–H and O–H groups in total. The Morgan fingerprint density at radius 3 is 2.78 bits per heavy atom. The fraction of sp³-hybridized carbons (Fsp3) is 0.600. The molecule has 1 atom stereocenters. The topological polar surface area (TPSA) is 76.9 Å². The van der Waals surface area contributed by atoms with Crippen molar-refractivity contribution in [3.8, 4) is 0 Å². The Morgan fingerprint density at radius 2 is 2.13 bits per heavy atom. The maximum atomic E-state index is 14.3. The second-order valence-electron chi connectivity index (χ2n) is 5.69. The Bertz CT molecular complexity index is 572. The van der Waals surface area contributed by atoms with Crippen molar-refractivity contribution in [2.45, 2.75) is 18.9 Å². The molecular weight excluding hydrogens is 305 g/mol. The van der Waals surface area contributed by atoms with Gasteiger partial charge < -0.3 is 19.7 Å². The van der Waals surface area contributed by atoms with Crippen LogP contribution in [0.2, 0.25) is 0 Å². The highest BCUT2D eigenvalue weighted by Crippen LogP contribution is 2.33. The zero-order valence-corrected chi connectivity index (χ0v) is 12.8. The Hall–Kier alpha value is -1.93. The largest absolute Gasteiger partial charge is 0.378 e. The number of ether oxygens (including phenoxy) is 2. The van der Waals surface area contributed by atoms with Crippen molar-refractivity contribution in [3.05, 3.63) is 28.1 Å². The van der Waals surface area contributed by atoms with Crippen LogP contribution >= 0.6 is 0 Å². The molecule has 2 fully saturated rings. The summed E-state index contributed by atoms with van der Waals surface area (Å²) in [6, 6.07) is 2.51. The number of nitro benzene ring substituents is 1. The Labute approximate surface area is 133 Å². The molecule has 0 bridgehead atoms. The zero-order valence-electron chi connectivity index (χ0n) is 12.8. The third-order valence-corrected chi connectivity index (χ3v) is 4.16. The lowest BCUT2D eigenvalue weighted by Gasteiger charge is -2.29. The fourth-order valence-electron chi connectivity index (χ4n) is 2.92. The van der Waals surface area contributed by atoms with E-state index >= 15 is 0 Å². The number of anilines is 2. The van der Waals surface area contributed by atoms with Gasteiger partial charge in [0.05, 0.1) is 36.0 Å². The van der Waals surface area contributed by atoms with E-state index in [9.17, 15) is 14.5 Å². The standard InChI is InChI=1S/C15H20FN3O4/c16-12-8-15(19(20)21)13(17-10-11-2-1-5-23-11)9-14(12)18-3-6-22-7-4-18/h8-9,11,17H,1-7,10H2/t11-/m1/s1. The van der Waals surface area contributed by atoms with E-state index in [1.807, 2.05) is 4.90 Å². The highest BCUT2D eigenvalue weighted by Gasteiger charge is 2.24. The Morgan fingerprint density at radius 1 is 1.35 bits per heavy atom. The van der Waals surface area contributed by atoms with Crippen molar-refractivity contribution >= 4 is 17.1 Å². The lowest BCUT2D eigenvalue weighted by atomic mass is 10.2. The van der Waals surface area contributed by atoms with Crippen LogP contribution in [0.15, 0.2) is 12.1 Å². The van der Waals surface area contributed by atoms with E-state index in [-0.39, 0.29) is 11.8 Å². The molecule has 0 spiro atoms. The third-order valence-electron chi connectivity index (χ3n) is 4.16. The van der Waals surface area contributed by atoms with E-state index in [1.165, 1.54) is 6.07 Å². The summed E-state index contributed by atoms with van der Waals surface area (Å²) in [4.78, 5) is 12.5. The van der Waals surface area contributed by atoms with Crippen LogP contribution in [-0.4, -0.2) is 50.5 Å². The van der Waals surface area contributed by atoms with Gasteiger partial charge in [-0.2, -0.15) is 0 Å². The minimum atomic E-state index is -0.582. The molecule has 2 saturated heterocycles. The minimum absolute atomic E-state index is 0.0477. The molecule has 0 radical (unpaired) electrons. The number of nitro groups is 1. The van der Waals surface area contributed by atoms with Crippen LogP contribution in [0.25, 0.3) is 0 Å². The molecule has 126 valence electrons. The molecule has 8 heteroatoms. The molecule has 7 nitrogen and oxygen atoms in total. The van der Waals surface area contributed by atoms with E-state index in [1.54, 1.807) is 0 Å². The first-order chi connectivity index (χ1) is 11.1. The monoisotopic (exact) mass is 325 g/mol. The average Bonchev–Trinajstić information content (AvgIpc) is 3.07. The summed E-state index contributed by atoms with van der Waals surface area (Å²) in [5, 5.41) is 14.2. The van der Waals surface area contributed by atoms with Crippen molar-refractivity contribution in [3.63, 3.8) is 0 Å². The predicted octanol–water partition coefficient (Wildman–Crippen LogP) is 2.16. The van der Waals surface area contributed by atoms with Crippen molar-refractivity contribution < 1.29 is 18.8 Å². The van der Waals surface area contributed by atoms with Crippen LogP contribution in [-0.2, 0) is 9.47 Å². The SMILES string of the molecule is O=[N+]([O-])c1cc(F)c(N2CCOCC2)cc1NC[C@H]1CCCO1. The molecule has 0 aromatic heterocycles. The number of halogens is 1.